The maximum atomic E-state index is 12.5. The molecule has 0 saturated heterocycles. The minimum atomic E-state index is -0.137. The Kier molecular flexibility index (Phi) is 6.72. The molecular formula is C24H32N4O. The van der Waals surface area contributed by atoms with Crippen molar-refractivity contribution in [2.75, 3.05) is 6.54 Å². The number of hydrogen-bond acceptors (Lipinski definition) is 3. The normalized spacial score (nSPS) is 13.6. The largest absolute Gasteiger partial charge is 0.351 e. The van der Waals surface area contributed by atoms with Gasteiger partial charge in [-0.25, -0.2) is 0 Å². The van der Waals surface area contributed by atoms with Gasteiger partial charge in [0.25, 0.3) is 5.91 Å². The van der Waals surface area contributed by atoms with Crippen molar-refractivity contribution in [1.82, 2.24) is 10.3 Å². The quantitative estimate of drug-likeness (QED) is 0.467. The highest BCUT2D eigenvalue weighted by Gasteiger charge is 2.14. The van der Waals surface area contributed by atoms with Gasteiger partial charge in [-0.15, -0.1) is 0 Å². The molecule has 2 aromatic carbocycles. The number of nitrogens with one attached hydrogen (secondary N) is 2. The van der Waals surface area contributed by atoms with Crippen LogP contribution in [0.3, 0.4) is 0 Å². The molecule has 1 amide bonds. The van der Waals surface area contributed by atoms with E-state index in [-0.39, 0.29) is 18.0 Å². The first-order chi connectivity index (χ1) is 13.8. The van der Waals surface area contributed by atoms with Crippen LogP contribution in [0, 0.1) is 12.8 Å². The molecule has 1 aromatic heterocycles. The Morgan fingerprint density at radius 2 is 1.69 bits per heavy atom. The van der Waals surface area contributed by atoms with E-state index < -0.39 is 0 Å². The second-order valence-electron chi connectivity index (χ2n) is 8.31. The van der Waals surface area contributed by atoms with E-state index in [0.29, 0.717) is 18.2 Å². The lowest BCUT2D eigenvalue weighted by atomic mass is 9.98. The number of nitrogens with two attached hydrogens (primary N) is 2. The molecule has 3 aromatic rings. The number of hydrogen-bond donors (Lipinski definition) is 4. The highest BCUT2D eigenvalue weighted by molar-refractivity contribution is 5.98. The van der Waals surface area contributed by atoms with Crippen LogP contribution >= 0.6 is 0 Å². The first kappa shape index (κ1) is 21.1. The Hall–Kier alpha value is -2.63. The lowest BCUT2D eigenvalue weighted by Crippen LogP contribution is -2.39. The molecule has 5 heteroatoms. The number of carbonyl (C=O) groups excluding carboxylic acids is 1. The number of carbonyl (C=O) groups is 1. The molecule has 2 atom stereocenters. The maximum absolute atomic E-state index is 12.5. The van der Waals surface area contributed by atoms with Crippen molar-refractivity contribution in [2.45, 2.75) is 45.7 Å². The zero-order chi connectivity index (χ0) is 21.0. The summed E-state index contributed by atoms with van der Waals surface area (Å²) in [5, 5.41) is 3.94. The Morgan fingerprint density at radius 3 is 2.38 bits per heavy atom. The smallest absolute Gasteiger partial charge is 0.267 e. The van der Waals surface area contributed by atoms with Crippen molar-refractivity contribution in [3.8, 4) is 11.1 Å². The number of benzene rings is 2. The van der Waals surface area contributed by atoms with E-state index in [0.717, 1.165) is 34.9 Å². The van der Waals surface area contributed by atoms with Crippen molar-refractivity contribution >= 4 is 16.8 Å². The number of rotatable bonds is 8. The summed E-state index contributed by atoms with van der Waals surface area (Å²) in [6, 6.07) is 16.6. The second kappa shape index (κ2) is 9.25. The van der Waals surface area contributed by atoms with Crippen LogP contribution in [0.5, 0.6) is 0 Å². The second-order valence-corrected chi connectivity index (χ2v) is 8.31. The van der Waals surface area contributed by atoms with Crippen LogP contribution in [0.25, 0.3) is 22.0 Å². The Bertz CT molecular complexity index is 959. The van der Waals surface area contributed by atoms with Crippen LogP contribution in [0.2, 0.25) is 0 Å². The Morgan fingerprint density at radius 1 is 1.00 bits per heavy atom. The van der Waals surface area contributed by atoms with Gasteiger partial charge in [-0.3, -0.25) is 4.79 Å². The van der Waals surface area contributed by atoms with E-state index in [1.54, 1.807) is 0 Å². The van der Waals surface area contributed by atoms with Gasteiger partial charge >= 0.3 is 0 Å². The third-order valence-corrected chi connectivity index (χ3v) is 5.50. The Labute approximate surface area is 172 Å². The van der Waals surface area contributed by atoms with Gasteiger partial charge in [-0.2, -0.15) is 0 Å². The number of amides is 1. The molecule has 5 nitrogen and oxygen atoms in total. The van der Waals surface area contributed by atoms with Crippen LogP contribution in [-0.2, 0) is 0 Å². The molecule has 0 aliphatic carbocycles. The fourth-order valence-electron chi connectivity index (χ4n) is 3.34. The molecule has 0 fully saturated rings. The van der Waals surface area contributed by atoms with E-state index in [9.17, 15) is 4.79 Å². The van der Waals surface area contributed by atoms with Gasteiger partial charge in [0.05, 0.1) is 0 Å². The summed E-state index contributed by atoms with van der Waals surface area (Å²) in [7, 11) is 0. The average molecular weight is 393 g/mol. The summed E-state index contributed by atoms with van der Waals surface area (Å²) >= 11 is 0. The average Bonchev–Trinajstić information content (AvgIpc) is 3.14. The van der Waals surface area contributed by atoms with Crippen molar-refractivity contribution in [1.29, 1.82) is 0 Å². The zero-order valence-corrected chi connectivity index (χ0v) is 17.5. The maximum Gasteiger partial charge on any atom is 0.267 e. The summed E-state index contributed by atoms with van der Waals surface area (Å²) in [5.74, 6) is 0.301. The molecule has 0 aliphatic rings. The lowest BCUT2D eigenvalue weighted by molar-refractivity contribution is 0.0946. The highest BCUT2D eigenvalue weighted by atomic mass is 16.1. The molecule has 1 heterocycles. The minimum absolute atomic E-state index is 0.0960. The molecular weight excluding hydrogens is 360 g/mol. The van der Waals surface area contributed by atoms with E-state index in [1.165, 1.54) is 5.56 Å². The van der Waals surface area contributed by atoms with Gasteiger partial charge in [-0.1, -0.05) is 49.7 Å². The molecule has 1 unspecified atom stereocenters. The molecule has 0 saturated carbocycles. The summed E-state index contributed by atoms with van der Waals surface area (Å²) in [6.07, 6.45) is 1.66. The van der Waals surface area contributed by atoms with Gasteiger partial charge < -0.3 is 21.8 Å². The van der Waals surface area contributed by atoms with E-state index in [1.807, 2.05) is 12.1 Å². The van der Waals surface area contributed by atoms with E-state index in [2.05, 4.69) is 67.5 Å². The molecule has 0 spiro atoms. The molecule has 6 N–H and O–H groups in total. The monoisotopic (exact) mass is 392 g/mol. The van der Waals surface area contributed by atoms with E-state index >= 15 is 0 Å². The van der Waals surface area contributed by atoms with Gasteiger partial charge in [0, 0.05) is 29.5 Å². The van der Waals surface area contributed by atoms with Crippen LogP contribution < -0.4 is 16.8 Å². The van der Waals surface area contributed by atoms with Gasteiger partial charge in [-0.05, 0) is 55.0 Å². The number of fused-ring (bicyclic) bond motifs is 1. The fourth-order valence-corrected chi connectivity index (χ4v) is 3.34. The van der Waals surface area contributed by atoms with E-state index in [4.69, 9.17) is 11.5 Å². The summed E-state index contributed by atoms with van der Waals surface area (Å²) in [5.41, 5.74) is 17.2. The highest BCUT2D eigenvalue weighted by Crippen LogP contribution is 2.25. The summed E-state index contributed by atoms with van der Waals surface area (Å²) in [6.45, 7) is 6.73. The standard InChI is InChI=1S/C24H32N4O/c1-15(2)21(26)10-9-20(25)14-27-24(29)23-13-19-12-18(8-11-22(19)28-23)17-6-4-16(3)5-7-17/h4-8,11-13,15,20-21,28H,9-10,14,25-26H2,1-3H3,(H,27,29)/t20-,21?/m0/s1. The first-order valence-corrected chi connectivity index (χ1v) is 10.3. The molecule has 0 bridgehead atoms. The SMILES string of the molecule is Cc1ccc(-c2ccc3[nH]c(C(=O)NC[C@@H](N)CCC(N)C(C)C)cc3c2)cc1. The van der Waals surface area contributed by atoms with Gasteiger partial charge in [0.2, 0.25) is 0 Å². The number of H-pyrrole nitrogens is 1. The molecule has 3 rings (SSSR count). The zero-order valence-electron chi connectivity index (χ0n) is 17.5. The van der Waals surface area contributed by atoms with Crippen LogP contribution in [0.1, 0.15) is 42.7 Å². The molecule has 0 aliphatic heterocycles. The van der Waals surface area contributed by atoms with Gasteiger partial charge in [0.15, 0.2) is 0 Å². The third-order valence-electron chi connectivity index (χ3n) is 5.50. The van der Waals surface area contributed by atoms with Crippen molar-refractivity contribution in [3.05, 3.63) is 59.8 Å². The fraction of sp³-hybridized carbons (Fsp3) is 0.375. The predicted octanol–water partition coefficient (Wildman–Crippen LogP) is 3.96. The lowest BCUT2D eigenvalue weighted by Gasteiger charge is -2.18. The van der Waals surface area contributed by atoms with Gasteiger partial charge in [0.1, 0.15) is 5.69 Å². The number of aromatic nitrogens is 1. The Balaban J connectivity index is 1.62. The van der Waals surface area contributed by atoms with Crippen LogP contribution in [-0.4, -0.2) is 29.5 Å². The van der Waals surface area contributed by atoms with Crippen molar-refractivity contribution < 1.29 is 4.79 Å². The molecule has 0 radical (unpaired) electrons. The first-order valence-electron chi connectivity index (χ1n) is 10.3. The third kappa shape index (κ3) is 5.46. The summed E-state index contributed by atoms with van der Waals surface area (Å²) in [4.78, 5) is 15.7. The summed E-state index contributed by atoms with van der Waals surface area (Å²) < 4.78 is 0. The number of aromatic amines is 1. The topological polar surface area (TPSA) is 96.9 Å². The van der Waals surface area contributed by atoms with Crippen LogP contribution in [0.15, 0.2) is 48.5 Å². The molecule has 154 valence electrons. The van der Waals surface area contributed by atoms with Crippen molar-refractivity contribution in [2.24, 2.45) is 17.4 Å². The van der Waals surface area contributed by atoms with Crippen LogP contribution in [0.4, 0.5) is 0 Å². The predicted molar refractivity (Wildman–Crippen MR) is 121 cm³/mol. The number of aryl methyl sites for hydroxylation is 1. The minimum Gasteiger partial charge on any atom is -0.351 e. The van der Waals surface area contributed by atoms with Crippen molar-refractivity contribution in [3.63, 3.8) is 0 Å². The molecule has 29 heavy (non-hydrogen) atoms.